The topological polar surface area (TPSA) is 59.9 Å². The van der Waals surface area contributed by atoms with Gasteiger partial charge in [-0.3, -0.25) is 0 Å². The van der Waals surface area contributed by atoms with E-state index in [1.807, 2.05) is 36.7 Å². The fraction of sp³-hybridized carbons (Fsp3) is 0.154. The fourth-order valence-corrected chi connectivity index (χ4v) is 3.21. The number of hydrogen-bond acceptors (Lipinski definition) is 7. The predicted octanol–water partition coefficient (Wildman–Crippen LogP) is 3.38. The highest BCUT2D eigenvalue weighted by Gasteiger charge is 2.11. The summed E-state index contributed by atoms with van der Waals surface area (Å²) in [6.45, 7) is 0. The Morgan fingerprint density at radius 1 is 1.10 bits per heavy atom. The molecular formula is C13H12N4OS2. The number of aromatic nitrogens is 3. The van der Waals surface area contributed by atoms with E-state index < -0.39 is 0 Å². The second kappa shape index (κ2) is 5.56. The quantitative estimate of drug-likeness (QED) is 0.800. The molecule has 0 aliphatic carbocycles. The van der Waals surface area contributed by atoms with Gasteiger partial charge in [0.2, 0.25) is 5.13 Å². The van der Waals surface area contributed by atoms with Crippen LogP contribution in [0.3, 0.4) is 0 Å². The average Bonchev–Trinajstić information content (AvgIpc) is 3.16. The third kappa shape index (κ3) is 2.50. The van der Waals surface area contributed by atoms with Crippen molar-refractivity contribution in [1.82, 2.24) is 15.2 Å². The molecule has 0 unspecified atom stereocenters. The summed E-state index contributed by atoms with van der Waals surface area (Å²) in [6.07, 6.45) is 0. The van der Waals surface area contributed by atoms with Crippen LogP contribution < -0.4 is 10.1 Å². The minimum atomic E-state index is 0.791. The van der Waals surface area contributed by atoms with Crippen LogP contribution in [0.4, 0.5) is 5.13 Å². The molecule has 1 aromatic carbocycles. The smallest absolute Gasteiger partial charge is 0.205 e. The lowest BCUT2D eigenvalue weighted by atomic mass is 10.2. The third-order valence-corrected chi connectivity index (χ3v) is 4.55. The van der Waals surface area contributed by atoms with Gasteiger partial charge >= 0.3 is 0 Å². The van der Waals surface area contributed by atoms with Crippen LogP contribution in [-0.2, 0) is 0 Å². The van der Waals surface area contributed by atoms with Crippen molar-refractivity contribution in [2.24, 2.45) is 0 Å². The normalized spacial score (nSPS) is 10.5. The van der Waals surface area contributed by atoms with Gasteiger partial charge in [-0.1, -0.05) is 11.3 Å². The predicted molar refractivity (Wildman–Crippen MR) is 82.6 cm³/mol. The molecule has 0 amide bonds. The highest BCUT2D eigenvalue weighted by Crippen LogP contribution is 2.32. The molecule has 20 heavy (non-hydrogen) atoms. The van der Waals surface area contributed by atoms with Gasteiger partial charge in [0, 0.05) is 18.0 Å². The molecule has 2 aromatic heterocycles. The van der Waals surface area contributed by atoms with E-state index in [4.69, 9.17) is 4.74 Å². The van der Waals surface area contributed by atoms with Gasteiger partial charge in [-0.2, -0.15) is 0 Å². The van der Waals surface area contributed by atoms with Crippen LogP contribution in [0.25, 0.3) is 21.3 Å². The van der Waals surface area contributed by atoms with Crippen molar-refractivity contribution in [3.05, 3.63) is 29.6 Å². The molecule has 102 valence electrons. The van der Waals surface area contributed by atoms with Crippen LogP contribution >= 0.6 is 22.7 Å². The Balaban J connectivity index is 1.88. The lowest BCUT2D eigenvalue weighted by molar-refractivity contribution is 0.415. The largest absolute Gasteiger partial charge is 0.497 e. The molecule has 2 heterocycles. The van der Waals surface area contributed by atoms with Crippen molar-refractivity contribution in [1.29, 1.82) is 0 Å². The van der Waals surface area contributed by atoms with Crippen molar-refractivity contribution >= 4 is 27.8 Å². The number of nitrogens with one attached hydrogen (secondary N) is 1. The molecular weight excluding hydrogens is 292 g/mol. The second-order valence-electron chi connectivity index (χ2n) is 3.93. The Kier molecular flexibility index (Phi) is 3.62. The van der Waals surface area contributed by atoms with Gasteiger partial charge in [0.25, 0.3) is 0 Å². The van der Waals surface area contributed by atoms with E-state index in [2.05, 4.69) is 20.5 Å². The third-order valence-electron chi connectivity index (χ3n) is 2.70. The zero-order valence-electron chi connectivity index (χ0n) is 11.0. The van der Waals surface area contributed by atoms with Gasteiger partial charge in [0.15, 0.2) is 5.01 Å². The van der Waals surface area contributed by atoms with Crippen LogP contribution in [-0.4, -0.2) is 29.3 Å². The Bertz CT molecular complexity index is 705. The Labute approximate surface area is 124 Å². The summed E-state index contributed by atoms with van der Waals surface area (Å²) < 4.78 is 5.15. The van der Waals surface area contributed by atoms with Crippen molar-refractivity contribution < 1.29 is 4.74 Å². The van der Waals surface area contributed by atoms with E-state index in [1.165, 1.54) is 11.3 Å². The zero-order valence-corrected chi connectivity index (χ0v) is 12.6. The number of hydrogen-bond donors (Lipinski definition) is 1. The number of benzene rings is 1. The molecule has 3 aromatic rings. The molecule has 0 aliphatic heterocycles. The second-order valence-corrected chi connectivity index (χ2v) is 5.76. The summed E-state index contributed by atoms with van der Waals surface area (Å²) in [5.74, 6) is 0.841. The first-order chi connectivity index (χ1) is 9.80. The maximum absolute atomic E-state index is 5.15. The number of anilines is 1. The number of methoxy groups -OCH3 is 1. The Hall–Kier alpha value is -1.99. The molecule has 0 spiro atoms. The number of ether oxygens (including phenoxy) is 1. The van der Waals surface area contributed by atoms with E-state index in [0.29, 0.717) is 0 Å². The van der Waals surface area contributed by atoms with Crippen molar-refractivity contribution in [2.45, 2.75) is 0 Å². The van der Waals surface area contributed by atoms with Crippen molar-refractivity contribution in [3.8, 4) is 27.0 Å². The minimum absolute atomic E-state index is 0.791. The number of rotatable bonds is 4. The van der Waals surface area contributed by atoms with Gasteiger partial charge in [0.05, 0.1) is 7.11 Å². The van der Waals surface area contributed by atoms with Crippen LogP contribution in [0.1, 0.15) is 0 Å². The first-order valence-electron chi connectivity index (χ1n) is 5.91. The molecule has 0 aliphatic rings. The van der Waals surface area contributed by atoms with Crippen LogP contribution in [0, 0.1) is 0 Å². The average molecular weight is 304 g/mol. The summed E-state index contributed by atoms with van der Waals surface area (Å²) in [7, 11) is 3.49. The van der Waals surface area contributed by atoms with Crippen molar-refractivity contribution in [2.75, 3.05) is 19.5 Å². The van der Waals surface area contributed by atoms with E-state index in [9.17, 15) is 0 Å². The van der Waals surface area contributed by atoms with Gasteiger partial charge in [-0.05, 0) is 24.3 Å². The molecule has 0 atom stereocenters. The van der Waals surface area contributed by atoms with Gasteiger partial charge in [0.1, 0.15) is 16.5 Å². The lowest BCUT2D eigenvalue weighted by Gasteiger charge is -1.99. The molecule has 0 saturated carbocycles. The van der Waals surface area contributed by atoms with E-state index in [1.54, 1.807) is 18.4 Å². The molecule has 5 nitrogen and oxygen atoms in total. The SMILES string of the molecule is CNc1nnc(-c2csc(-c3ccc(OC)cc3)n2)s1. The molecule has 0 fully saturated rings. The number of nitrogens with zero attached hydrogens (tertiary/aromatic N) is 3. The minimum Gasteiger partial charge on any atom is -0.497 e. The Morgan fingerprint density at radius 3 is 2.55 bits per heavy atom. The van der Waals surface area contributed by atoms with Crippen LogP contribution in [0.15, 0.2) is 29.6 Å². The molecule has 1 N–H and O–H groups in total. The summed E-state index contributed by atoms with van der Waals surface area (Å²) >= 11 is 3.09. The standard InChI is InChI=1S/C13H12N4OS2/c1-14-13-17-16-12(20-13)10-7-19-11(15-10)8-3-5-9(18-2)6-4-8/h3-7H,1-2H3,(H,14,17). The van der Waals surface area contributed by atoms with Crippen molar-refractivity contribution in [3.63, 3.8) is 0 Å². The summed E-state index contributed by atoms with van der Waals surface area (Å²) in [6, 6.07) is 7.86. The maximum Gasteiger partial charge on any atom is 0.205 e. The monoisotopic (exact) mass is 304 g/mol. The first kappa shape index (κ1) is 13.0. The van der Waals surface area contributed by atoms with E-state index in [0.717, 1.165) is 32.2 Å². The highest BCUT2D eigenvalue weighted by molar-refractivity contribution is 7.19. The van der Waals surface area contributed by atoms with Crippen LogP contribution in [0.2, 0.25) is 0 Å². The molecule has 0 bridgehead atoms. The maximum atomic E-state index is 5.15. The molecule has 3 rings (SSSR count). The lowest BCUT2D eigenvalue weighted by Crippen LogP contribution is -1.84. The fourth-order valence-electron chi connectivity index (χ4n) is 1.67. The molecule has 0 saturated heterocycles. The summed E-state index contributed by atoms with van der Waals surface area (Å²) in [5, 5.41) is 15.7. The van der Waals surface area contributed by atoms with E-state index in [-0.39, 0.29) is 0 Å². The summed E-state index contributed by atoms with van der Waals surface area (Å²) in [4.78, 5) is 4.61. The van der Waals surface area contributed by atoms with Crippen LogP contribution in [0.5, 0.6) is 5.75 Å². The number of thiazole rings is 1. The zero-order chi connectivity index (χ0) is 13.9. The molecule has 0 radical (unpaired) electrons. The summed E-state index contributed by atoms with van der Waals surface area (Å²) in [5.41, 5.74) is 1.93. The van der Waals surface area contributed by atoms with E-state index >= 15 is 0 Å². The van der Waals surface area contributed by atoms with Gasteiger partial charge < -0.3 is 10.1 Å². The molecule has 7 heteroatoms. The van der Waals surface area contributed by atoms with Gasteiger partial charge in [-0.25, -0.2) is 4.98 Å². The Morgan fingerprint density at radius 2 is 1.90 bits per heavy atom. The van der Waals surface area contributed by atoms with Gasteiger partial charge in [-0.15, -0.1) is 21.5 Å². The first-order valence-corrected chi connectivity index (χ1v) is 7.61. The highest BCUT2D eigenvalue weighted by atomic mass is 32.1.